The minimum Gasteiger partial charge on any atom is -0.393 e. The highest BCUT2D eigenvalue weighted by Gasteiger charge is 2.26. The zero-order chi connectivity index (χ0) is 14.8. The van der Waals surface area contributed by atoms with Crippen LogP contribution in [0.25, 0.3) is 0 Å². The number of hydrogen-bond donors (Lipinski definition) is 2. The fourth-order valence-electron chi connectivity index (χ4n) is 2.41. The average molecular weight is 305 g/mol. The van der Waals surface area contributed by atoms with Gasteiger partial charge in [0.1, 0.15) is 16.5 Å². The summed E-state index contributed by atoms with van der Waals surface area (Å²) in [5, 5.41) is 9.77. The summed E-state index contributed by atoms with van der Waals surface area (Å²) < 4.78 is 52.5. The summed E-state index contributed by atoms with van der Waals surface area (Å²) in [6.07, 6.45) is 2.71. The van der Waals surface area contributed by atoms with Crippen LogP contribution in [-0.2, 0) is 10.0 Å². The topological polar surface area (TPSA) is 66.4 Å². The third-order valence-electron chi connectivity index (χ3n) is 3.59. The predicted molar refractivity (Wildman–Crippen MR) is 69.5 cm³/mol. The van der Waals surface area contributed by atoms with Gasteiger partial charge in [-0.2, -0.15) is 0 Å². The molecule has 112 valence electrons. The molecule has 1 aromatic carbocycles. The second-order valence-corrected chi connectivity index (χ2v) is 6.77. The lowest BCUT2D eigenvalue weighted by molar-refractivity contribution is 0.0724. The Morgan fingerprint density at radius 3 is 2.60 bits per heavy atom. The van der Waals surface area contributed by atoms with Crippen molar-refractivity contribution >= 4 is 10.0 Å². The second-order valence-electron chi connectivity index (χ2n) is 5.04. The predicted octanol–water partition coefficient (Wildman–Crippen LogP) is 1.79. The monoisotopic (exact) mass is 305 g/mol. The number of halogens is 2. The van der Waals surface area contributed by atoms with Crippen LogP contribution in [0.4, 0.5) is 8.78 Å². The van der Waals surface area contributed by atoms with Gasteiger partial charge in [-0.15, -0.1) is 0 Å². The molecule has 1 aliphatic carbocycles. The fraction of sp³-hybridized carbons (Fsp3) is 0.538. The van der Waals surface area contributed by atoms with Crippen LogP contribution >= 0.6 is 0 Å². The maximum absolute atomic E-state index is 13.5. The van der Waals surface area contributed by atoms with E-state index in [1.165, 1.54) is 0 Å². The van der Waals surface area contributed by atoms with E-state index in [1.54, 1.807) is 0 Å². The standard InChI is InChI=1S/C13H17F2NO3S/c14-10-5-6-13(11(15)7-10)20(18,19)16-8-9-3-1-2-4-12(9)17/h5-7,9,12,16-17H,1-4,8H2. The van der Waals surface area contributed by atoms with Crippen molar-refractivity contribution < 1.29 is 22.3 Å². The van der Waals surface area contributed by atoms with Crippen LogP contribution < -0.4 is 4.72 Å². The first kappa shape index (κ1) is 15.3. The molecule has 4 nitrogen and oxygen atoms in total. The molecule has 2 rings (SSSR count). The highest BCUT2D eigenvalue weighted by atomic mass is 32.2. The summed E-state index contributed by atoms with van der Waals surface area (Å²) in [5.74, 6) is -2.12. The van der Waals surface area contributed by atoms with E-state index in [9.17, 15) is 22.3 Å². The molecule has 2 N–H and O–H groups in total. The molecule has 0 aromatic heterocycles. The number of benzene rings is 1. The Labute approximate surface area is 116 Å². The van der Waals surface area contributed by atoms with Crippen molar-refractivity contribution in [2.45, 2.75) is 36.7 Å². The van der Waals surface area contributed by atoms with Crippen LogP contribution in [0.5, 0.6) is 0 Å². The molecule has 2 unspecified atom stereocenters. The first-order valence-corrected chi connectivity index (χ1v) is 8.01. The van der Waals surface area contributed by atoms with Gasteiger partial charge in [-0.1, -0.05) is 12.8 Å². The lowest BCUT2D eigenvalue weighted by Crippen LogP contribution is -2.36. The summed E-state index contributed by atoms with van der Waals surface area (Å²) in [5.41, 5.74) is 0. The Morgan fingerprint density at radius 1 is 1.25 bits per heavy atom. The molecule has 0 aliphatic heterocycles. The summed E-state index contributed by atoms with van der Waals surface area (Å²) in [6.45, 7) is 0.0559. The van der Waals surface area contributed by atoms with E-state index in [0.717, 1.165) is 31.4 Å². The summed E-state index contributed by atoms with van der Waals surface area (Å²) in [7, 11) is -4.03. The maximum Gasteiger partial charge on any atom is 0.243 e. The smallest absolute Gasteiger partial charge is 0.243 e. The molecule has 0 heterocycles. The Balaban J connectivity index is 2.07. The van der Waals surface area contributed by atoms with Crippen LogP contribution in [0.1, 0.15) is 25.7 Å². The van der Waals surface area contributed by atoms with Crippen molar-refractivity contribution in [1.82, 2.24) is 4.72 Å². The van der Waals surface area contributed by atoms with Crippen LogP contribution in [0.2, 0.25) is 0 Å². The van der Waals surface area contributed by atoms with Gasteiger partial charge in [0.2, 0.25) is 10.0 Å². The molecule has 1 saturated carbocycles. The minimum absolute atomic E-state index is 0.0559. The number of aliphatic hydroxyl groups excluding tert-OH is 1. The van der Waals surface area contributed by atoms with Crippen molar-refractivity contribution in [2.75, 3.05) is 6.54 Å². The van der Waals surface area contributed by atoms with Crippen molar-refractivity contribution in [2.24, 2.45) is 5.92 Å². The maximum atomic E-state index is 13.5. The second kappa shape index (κ2) is 6.15. The lowest BCUT2D eigenvalue weighted by Gasteiger charge is -2.27. The molecular formula is C13H17F2NO3S. The molecule has 0 radical (unpaired) electrons. The third-order valence-corrected chi connectivity index (χ3v) is 5.04. The zero-order valence-electron chi connectivity index (χ0n) is 10.9. The normalized spacial score (nSPS) is 23.8. The number of nitrogens with one attached hydrogen (secondary N) is 1. The first-order valence-electron chi connectivity index (χ1n) is 6.53. The molecule has 0 amide bonds. The minimum atomic E-state index is -4.03. The van der Waals surface area contributed by atoms with Crippen LogP contribution in [0, 0.1) is 17.6 Å². The van der Waals surface area contributed by atoms with Crippen molar-refractivity contribution in [3.05, 3.63) is 29.8 Å². The van der Waals surface area contributed by atoms with Crippen LogP contribution in [0.3, 0.4) is 0 Å². The van der Waals surface area contributed by atoms with E-state index in [1.807, 2.05) is 0 Å². The summed E-state index contributed by atoms with van der Waals surface area (Å²) >= 11 is 0. The van der Waals surface area contributed by atoms with Gasteiger partial charge in [0.05, 0.1) is 6.10 Å². The highest BCUT2D eigenvalue weighted by molar-refractivity contribution is 7.89. The molecule has 2 atom stereocenters. The van der Waals surface area contributed by atoms with Crippen LogP contribution in [-0.4, -0.2) is 26.2 Å². The Morgan fingerprint density at radius 2 is 1.95 bits per heavy atom. The molecule has 1 aromatic rings. The van der Waals surface area contributed by atoms with Gasteiger partial charge in [-0.3, -0.25) is 0 Å². The molecule has 1 aliphatic rings. The lowest BCUT2D eigenvalue weighted by atomic mass is 9.87. The fourth-order valence-corrected chi connectivity index (χ4v) is 3.57. The molecular weight excluding hydrogens is 288 g/mol. The Bertz CT molecular complexity index is 577. The van der Waals surface area contributed by atoms with Crippen molar-refractivity contribution in [3.8, 4) is 0 Å². The number of aliphatic hydroxyl groups is 1. The number of hydrogen-bond acceptors (Lipinski definition) is 3. The first-order chi connectivity index (χ1) is 9.40. The van der Waals surface area contributed by atoms with Gasteiger partial charge in [-0.25, -0.2) is 21.9 Å². The van der Waals surface area contributed by atoms with Gasteiger partial charge in [-0.05, 0) is 30.9 Å². The van der Waals surface area contributed by atoms with Crippen molar-refractivity contribution in [3.63, 3.8) is 0 Å². The van der Waals surface area contributed by atoms with E-state index >= 15 is 0 Å². The van der Waals surface area contributed by atoms with Crippen LogP contribution in [0.15, 0.2) is 23.1 Å². The SMILES string of the molecule is O=S(=O)(NCC1CCCCC1O)c1ccc(F)cc1F. The molecule has 20 heavy (non-hydrogen) atoms. The quantitative estimate of drug-likeness (QED) is 0.891. The number of sulfonamides is 1. The van der Waals surface area contributed by atoms with Gasteiger partial charge >= 0.3 is 0 Å². The van der Waals surface area contributed by atoms with E-state index in [-0.39, 0.29) is 12.5 Å². The molecule has 0 spiro atoms. The Hall–Kier alpha value is -1.05. The van der Waals surface area contributed by atoms with Crippen molar-refractivity contribution in [1.29, 1.82) is 0 Å². The largest absolute Gasteiger partial charge is 0.393 e. The van der Waals surface area contributed by atoms with Gasteiger partial charge in [0.15, 0.2) is 0 Å². The summed E-state index contributed by atoms with van der Waals surface area (Å²) in [4.78, 5) is -0.579. The van der Waals surface area contributed by atoms with E-state index in [2.05, 4.69) is 4.72 Å². The zero-order valence-corrected chi connectivity index (χ0v) is 11.7. The highest BCUT2D eigenvalue weighted by Crippen LogP contribution is 2.24. The van der Waals surface area contributed by atoms with E-state index in [4.69, 9.17) is 0 Å². The van der Waals surface area contributed by atoms with Gasteiger partial charge in [0.25, 0.3) is 0 Å². The molecule has 0 saturated heterocycles. The average Bonchev–Trinajstić information content (AvgIpc) is 2.37. The number of rotatable bonds is 4. The van der Waals surface area contributed by atoms with Gasteiger partial charge in [0, 0.05) is 12.6 Å². The molecule has 7 heteroatoms. The van der Waals surface area contributed by atoms with E-state index in [0.29, 0.717) is 12.5 Å². The van der Waals surface area contributed by atoms with Gasteiger partial charge < -0.3 is 5.11 Å². The summed E-state index contributed by atoms with van der Waals surface area (Å²) in [6, 6.07) is 2.32. The Kier molecular flexibility index (Phi) is 4.72. The molecule has 1 fully saturated rings. The molecule has 0 bridgehead atoms. The van der Waals surface area contributed by atoms with E-state index < -0.39 is 32.7 Å². The third kappa shape index (κ3) is 3.53.